The molecule has 23 heavy (non-hydrogen) atoms. The summed E-state index contributed by atoms with van der Waals surface area (Å²) in [5, 5.41) is 12.0. The van der Waals surface area contributed by atoms with E-state index in [9.17, 15) is 13.2 Å². The van der Waals surface area contributed by atoms with E-state index in [0.717, 1.165) is 0 Å². The molecule has 0 unspecified atom stereocenters. The lowest BCUT2D eigenvalue weighted by atomic mass is 9.97. The van der Waals surface area contributed by atoms with Gasteiger partial charge in [0.2, 0.25) is 15.9 Å². The molecule has 0 saturated carbocycles. The van der Waals surface area contributed by atoms with Crippen molar-refractivity contribution in [1.82, 2.24) is 9.62 Å². The third kappa shape index (κ3) is 4.67. The largest absolute Gasteiger partial charge is 0.396 e. The Morgan fingerprint density at radius 2 is 1.87 bits per heavy atom. The van der Waals surface area contributed by atoms with Crippen molar-refractivity contribution >= 4 is 27.5 Å². The number of amides is 1. The number of benzene rings is 1. The van der Waals surface area contributed by atoms with E-state index in [2.05, 4.69) is 5.32 Å². The lowest BCUT2D eigenvalue weighted by Gasteiger charge is -2.30. The predicted octanol–water partition coefficient (Wildman–Crippen LogP) is 1.24. The molecular weight excluding hydrogens is 340 g/mol. The first-order valence-corrected chi connectivity index (χ1v) is 9.41. The molecule has 1 heterocycles. The van der Waals surface area contributed by atoms with Crippen LogP contribution < -0.4 is 5.32 Å². The number of hydrogen-bond acceptors (Lipinski definition) is 4. The molecule has 8 heteroatoms. The van der Waals surface area contributed by atoms with Gasteiger partial charge in [0, 0.05) is 37.2 Å². The van der Waals surface area contributed by atoms with E-state index in [4.69, 9.17) is 16.7 Å². The fraction of sp³-hybridized carbons (Fsp3) is 0.533. The first-order chi connectivity index (χ1) is 10.9. The van der Waals surface area contributed by atoms with Gasteiger partial charge in [-0.25, -0.2) is 8.42 Å². The molecule has 2 rings (SSSR count). The van der Waals surface area contributed by atoms with Gasteiger partial charge in [0.1, 0.15) is 0 Å². The highest BCUT2D eigenvalue weighted by Gasteiger charge is 2.31. The molecule has 128 valence electrons. The Morgan fingerprint density at radius 1 is 1.26 bits per heavy atom. The summed E-state index contributed by atoms with van der Waals surface area (Å²) in [7, 11) is -3.54. The summed E-state index contributed by atoms with van der Waals surface area (Å²) >= 11 is 5.79. The Hall–Kier alpha value is -1.15. The van der Waals surface area contributed by atoms with E-state index in [1.807, 2.05) is 0 Å². The van der Waals surface area contributed by atoms with Gasteiger partial charge in [-0.1, -0.05) is 11.6 Å². The minimum atomic E-state index is -3.54. The molecule has 2 N–H and O–H groups in total. The number of nitrogens with zero attached hydrogens (tertiary/aromatic N) is 1. The Morgan fingerprint density at radius 3 is 2.43 bits per heavy atom. The van der Waals surface area contributed by atoms with Gasteiger partial charge in [0.25, 0.3) is 0 Å². The number of aliphatic hydroxyl groups excluding tert-OH is 1. The molecule has 0 spiro atoms. The summed E-state index contributed by atoms with van der Waals surface area (Å²) < 4.78 is 26.5. The second-order valence-electron chi connectivity index (χ2n) is 5.50. The smallest absolute Gasteiger partial charge is 0.243 e. The molecule has 0 aromatic heterocycles. The molecule has 1 saturated heterocycles. The number of rotatable bonds is 6. The quantitative estimate of drug-likeness (QED) is 0.747. The fourth-order valence-electron chi connectivity index (χ4n) is 2.55. The monoisotopic (exact) mass is 360 g/mol. The standard InChI is InChI=1S/C15H21ClN2O4S/c16-13-2-4-14(5-3-13)23(21,22)18-9-6-12(7-10-18)15(20)17-8-1-11-19/h2-5,12,19H,1,6-11H2,(H,17,20). The van der Waals surface area contributed by atoms with Crippen molar-refractivity contribution in [3.05, 3.63) is 29.3 Å². The van der Waals surface area contributed by atoms with E-state index in [1.54, 1.807) is 12.1 Å². The highest BCUT2D eigenvalue weighted by Crippen LogP contribution is 2.24. The molecule has 1 aliphatic rings. The summed E-state index contributed by atoms with van der Waals surface area (Å²) in [5.74, 6) is -0.243. The van der Waals surface area contributed by atoms with E-state index in [1.165, 1.54) is 16.4 Å². The second kappa shape index (κ2) is 8.10. The van der Waals surface area contributed by atoms with Gasteiger partial charge in [0.15, 0.2) is 0 Å². The number of halogens is 1. The average molecular weight is 361 g/mol. The van der Waals surface area contributed by atoms with Crippen LogP contribution >= 0.6 is 11.6 Å². The zero-order valence-electron chi connectivity index (χ0n) is 12.7. The van der Waals surface area contributed by atoms with Crippen LogP contribution in [0.25, 0.3) is 0 Å². The number of carbonyl (C=O) groups excluding carboxylic acids is 1. The topological polar surface area (TPSA) is 86.7 Å². The Balaban J connectivity index is 1.93. The van der Waals surface area contributed by atoms with Crippen LogP contribution in [0.5, 0.6) is 0 Å². The molecule has 1 aromatic rings. The highest BCUT2D eigenvalue weighted by molar-refractivity contribution is 7.89. The van der Waals surface area contributed by atoms with Gasteiger partial charge in [0.05, 0.1) is 4.90 Å². The van der Waals surface area contributed by atoms with Crippen molar-refractivity contribution < 1.29 is 18.3 Å². The molecular formula is C15H21ClN2O4S. The van der Waals surface area contributed by atoms with Crippen LogP contribution in [-0.2, 0) is 14.8 Å². The number of carbonyl (C=O) groups is 1. The summed E-state index contributed by atoms with van der Waals surface area (Å²) in [5.41, 5.74) is 0. The van der Waals surface area contributed by atoms with Crippen LogP contribution in [0.15, 0.2) is 29.2 Å². The average Bonchev–Trinajstić information content (AvgIpc) is 2.55. The van der Waals surface area contributed by atoms with Crippen LogP contribution in [-0.4, -0.2) is 50.0 Å². The molecule has 0 atom stereocenters. The molecule has 1 aromatic carbocycles. The summed E-state index contributed by atoms with van der Waals surface area (Å²) in [6.07, 6.45) is 1.52. The fourth-order valence-corrected chi connectivity index (χ4v) is 4.14. The number of nitrogens with one attached hydrogen (secondary N) is 1. The van der Waals surface area contributed by atoms with Gasteiger partial charge >= 0.3 is 0 Å². The van der Waals surface area contributed by atoms with Gasteiger partial charge in [-0.15, -0.1) is 0 Å². The first-order valence-electron chi connectivity index (χ1n) is 7.59. The number of piperidine rings is 1. The van der Waals surface area contributed by atoms with Crippen molar-refractivity contribution in [1.29, 1.82) is 0 Å². The van der Waals surface area contributed by atoms with Crippen molar-refractivity contribution in [3.63, 3.8) is 0 Å². The van der Waals surface area contributed by atoms with Crippen LogP contribution in [0.3, 0.4) is 0 Å². The highest BCUT2D eigenvalue weighted by atomic mass is 35.5. The maximum Gasteiger partial charge on any atom is 0.243 e. The lowest BCUT2D eigenvalue weighted by molar-refractivity contribution is -0.126. The third-order valence-electron chi connectivity index (χ3n) is 3.91. The molecule has 0 aliphatic carbocycles. The van der Waals surface area contributed by atoms with E-state index >= 15 is 0 Å². The van der Waals surface area contributed by atoms with Gasteiger partial charge in [-0.05, 0) is 43.5 Å². The van der Waals surface area contributed by atoms with Crippen molar-refractivity contribution in [2.75, 3.05) is 26.2 Å². The van der Waals surface area contributed by atoms with Crippen LogP contribution in [0, 0.1) is 5.92 Å². The van der Waals surface area contributed by atoms with Crippen molar-refractivity contribution in [3.8, 4) is 0 Å². The van der Waals surface area contributed by atoms with Gasteiger partial charge in [-0.2, -0.15) is 4.31 Å². The number of hydrogen-bond donors (Lipinski definition) is 2. The molecule has 0 bridgehead atoms. The normalized spacial score (nSPS) is 17.1. The Bertz CT molecular complexity index is 625. The first kappa shape index (κ1) is 18.2. The summed E-state index contributed by atoms with van der Waals surface area (Å²) in [4.78, 5) is 12.2. The molecule has 1 amide bonds. The maximum absolute atomic E-state index is 12.5. The minimum Gasteiger partial charge on any atom is -0.396 e. The van der Waals surface area contributed by atoms with E-state index < -0.39 is 10.0 Å². The van der Waals surface area contributed by atoms with Crippen LogP contribution in [0.4, 0.5) is 0 Å². The summed E-state index contributed by atoms with van der Waals surface area (Å²) in [6, 6.07) is 6.09. The zero-order valence-corrected chi connectivity index (χ0v) is 14.3. The Labute approximate surface area is 141 Å². The lowest BCUT2D eigenvalue weighted by Crippen LogP contribution is -2.43. The molecule has 6 nitrogen and oxygen atoms in total. The van der Waals surface area contributed by atoms with Gasteiger partial charge in [-0.3, -0.25) is 4.79 Å². The molecule has 0 radical (unpaired) electrons. The van der Waals surface area contributed by atoms with Crippen LogP contribution in [0.2, 0.25) is 5.02 Å². The SMILES string of the molecule is O=C(NCCCO)C1CCN(S(=O)(=O)c2ccc(Cl)cc2)CC1. The Kier molecular flexibility index (Phi) is 6.41. The molecule has 1 aliphatic heterocycles. The third-order valence-corrected chi connectivity index (χ3v) is 6.08. The van der Waals surface area contributed by atoms with E-state index in [-0.39, 0.29) is 23.3 Å². The van der Waals surface area contributed by atoms with E-state index in [0.29, 0.717) is 43.9 Å². The number of aliphatic hydroxyl groups is 1. The maximum atomic E-state index is 12.5. The second-order valence-corrected chi connectivity index (χ2v) is 7.87. The van der Waals surface area contributed by atoms with Crippen molar-refractivity contribution in [2.24, 2.45) is 5.92 Å². The minimum absolute atomic E-state index is 0.0397. The zero-order chi connectivity index (χ0) is 16.9. The summed E-state index contributed by atoms with van der Waals surface area (Å²) in [6.45, 7) is 1.13. The molecule has 1 fully saturated rings. The number of sulfonamides is 1. The van der Waals surface area contributed by atoms with Crippen LogP contribution in [0.1, 0.15) is 19.3 Å². The van der Waals surface area contributed by atoms with Crippen molar-refractivity contribution in [2.45, 2.75) is 24.2 Å². The predicted molar refractivity (Wildman–Crippen MR) is 87.6 cm³/mol. The van der Waals surface area contributed by atoms with Gasteiger partial charge < -0.3 is 10.4 Å².